The van der Waals surface area contributed by atoms with Crippen molar-refractivity contribution in [3.05, 3.63) is 28.8 Å². The third-order valence-electron chi connectivity index (χ3n) is 4.68. The average molecular weight is 360 g/mol. The molecule has 1 saturated carbocycles. The van der Waals surface area contributed by atoms with Crippen molar-refractivity contribution < 1.29 is 9.59 Å². The fourth-order valence-corrected chi connectivity index (χ4v) is 3.62. The topological polar surface area (TPSA) is 93.0 Å². The van der Waals surface area contributed by atoms with Gasteiger partial charge >= 0.3 is 0 Å². The molecule has 2 aromatic heterocycles. The van der Waals surface area contributed by atoms with Crippen molar-refractivity contribution >= 4 is 23.5 Å². The van der Waals surface area contributed by atoms with Crippen LogP contribution in [-0.4, -0.2) is 48.3 Å². The summed E-state index contributed by atoms with van der Waals surface area (Å²) in [5.74, 6) is 0.362. The van der Waals surface area contributed by atoms with Gasteiger partial charge in [-0.25, -0.2) is 0 Å². The van der Waals surface area contributed by atoms with E-state index in [1.807, 2.05) is 11.6 Å². The second-order valence-corrected chi connectivity index (χ2v) is 7.08. The number of amides is 2. The molecule has 132 valence electrons. The fraction of sp³-hybridized carbons (Fsp3) is 0.562. The zero-order valence-electron chi connectivity index (χ0n) is 14.1. The van der Waals surface area contributed by atoms with Crippen LogP contribution in [0.1, 0.15) is 52.0 Å². The first-order valence-electron chi connectivity index (χ1n) is 8.61. The number of hydrogen-bond acceptors (Lipinski definition) is 6. The van der Waals surface area contributed by atoms with Crippen LogP contribution in [0, 0.1) is 5.92 Å². The molecule has 0 spiro atoms. The normalized spacial score (nSPS) is 16.6. The third-order valence-corrected chi connectivity index (χ3v) is 5.16. The molecular weight excluding hydrogens is 340 g/mol. The third kappa shape index (κ3) is 3.15. The van der Waals surface area contributed by atoms with Gasteiger partial charge in [0, 0.05) is 37.3 Å². The molecule has 1 N–H and O–H groups in total. The van der Waals surface area contributed by atoms with Gasteiger partial charge in [-0.2, -0.15) is 13.8 Å². The molecule has 0 saturated heterocycles. The van der Waals surface area contributed by atoms with E-state index >= 15 is 0 Å². The van der Waals surface area contributed by atoms with Crippen LogP contribution in [0.2, 0.25) is 0 Å². The molecule has 2 amide bonds. The summed E-state index contributed by atoms with van der Waals surface area (Å²) >= 11 is 1.02. The molecule has 8 nitrogen and oxygen atoms in total. The number of rotatable bonds is 5. The maximum Gasteiger partial charge on any atom is 0.275 e. The van der Waals surface area contributed by atoms with Crippen molar-refractivity contribution in [2.24, 2.45) is 5.92 Å². The molecule has 0 bridgehead atoms. The Morgan fingerprint density at radius 3 is 2.92 bits per heavy atom. The fourth-order valence-electron chi connectivity index (χ4n) is 3.21. The highest BCUT2D eigenvalue weighted by Gasteiger charge is 2.32. The van der Waals surface area contributed by atoms with E-state index in [2.05, 4.69) is 19.2 Å². The second-order valence-electron chi connectivity index (χ2n) is 6.53. The van der Waals surface area contributed by atoms with Gasteiger partial charge in [0.15, 0.2) is 11.4 Å². The molecule has 3 heterocycles. The lowest BCUT2D eigenvalue weighted by Crippen LogP contribution is -2.37. The summed E-state index contributed by atoms with van der Waals surface area (Å²) in [6.45, 7) is 4.30. The Balaban J connectivity index is 1.63. The molecular formula is C16H20N6O2S. The first-order chi connectivity index (χ1) is 12.2. The Bertz CT molecular complexity index is 796. The molecule has 4 rings (SSSR count). The van der Waals surface area contributed by atoms with Crippen LogP contribution in [0.4, 0.5) is 0 Å². The lowest BCUT2D eigenvalue weighted by Gasteiger charge is -2.27. The maximum atomic E-state index is 12.6. The Morgan fingerprint density at radius 2 is 2.24 bits per heavy atom. The zero-order chi connectivity index (χ0) is 17.4. The predicted molar refractivity (Wildman–Crippen MR) is 91.3 cm³/mol. The van der Waals surface area contributed by atoms with Gasteiger partial charge in [0.1, 0.15) is 0 Å². The lowest BCUT2D eigenvalue weighted by atomic mass is 10.0. The van der Waals surface area contributed by atoms with Crippen molar-refractivity contribution in [1.29, 1.82) is 0 Å². The number of nitrogens with one attached hydrogen (secondary N) is 1. The number of carbonyl (C=O) groups is 2. The summed E-state index contributed by atoms with van der Waals surface area (Å²) in [5.41, 5.74) is 2.77. The van der Waals surface area contributed by atoms with Crippen LogP contribution in [0.15, 0.2) is 6.20 Å². The molecule has 1 fully saturated rings. The molecule has 0 atom stereocenters. The Labute approximate surface area is 149 Å². The minimum atomic E-state index is -0.169. The molecule has 2 aromatic rings. The van der Waals surface area contributed by atoms with E-state index in [4.69, 9.17) is 0 Å². The molecule has 9 heteroatoms. The van der Waals surface area contributed by atoms with Crippen molar-refractivity contribution in [2.45, 2.75) is 39.3 Å². The summed E-state index contributed by atoms with van der Waals surface area (Å²) < 4.78 is 9.91. The summed E-state index contributed by atoms with van der Waals surface area (Å²) in [5, 5.41) is 7.41. The van der Waals surface area contributed by atoms with Gasteiger partial charge in [0.05, 0.1) is 24.5 Å². The summed E-state index contributed by atoms with van der Waals surface area (Å²) in [4.78, 5) is 26.7. The van der Waals surface area contributed by atoms with Gasteiger partial charge < -0.3 is 10.2 Å². The van der Waals surface area contributed by atoms with Crippen LogP contribution in [-0.2, 0) is 19.5 Å². The molecule has 0 aromatic carbocycles. The number of aromatic nitrogens is 4. The first kappa shape index (κ1) is 16.2. The predicted octanol–water partition coefficient (Wildman–Crippen LogP) is 1.09. The van der Waals surface area contributed by atoms with E-state index < -0.39 is 0 Å². The zero-order valence-corrected chi connectivity index (χ0v) is 14.9. The Morgan fingerprint density at radius 1 is 1.40 bits per heavy atom. The molecule has 1 aliphatic heterocycles. The van der Waals surface area contributed by atoms with E-state index in [-0.39, 0.29) is 11.8 Å². The molecule has 25 heavy (non-hydrogen) atoms. The Kier molecular flexibility index (Phi) is 4.24. The van der Waals surface area contributed by atoms with Crippen LogP contribution in [0.3, 0.4) is 0 Å². The Hall–Kier alpha value is -2.29. The molecule has 0 unspecified atom stereocenters. The first-order valence-corrected chi connectivity index (χ1v) is 9.34. The smallest absolute Gasteiger partial charge is 0.275 e. The minimum absolute atomic E-state index is 0.142. The monoisotopic (exact) mass is 360 g/mol. The van der Waals surface area contributed by atoms with Crippen molar-refractivity contribution in [3.63, 3.8) is 0 Å². The minimum Gasteiger partial charge on any atom is -0.351 e. The summed E-state index contributed by atoms with van der Waals surface area (Å²) in [6, 6.07) is 0. The number of fused-ring (bicyclic) bond motifs is 1. The van der Waals surface area contributed by atoms with Crippen molar-refractivity contribution in [3.8, 4) is 0 Å². The van der Waals surface area contributed by atoms with Gasteiger partial charge in [0.2, 0.25) is 0 Å². The van der Waals surface area contributed by atoms with E-state index in [9.17, 15) is 9.59 Å². The van der Waals surface area contributed by atoms with Gasteiger partial charge in [-0.05, 0) is 25.7 Å². The van der Waals surface area contributed by atoms with Gasteiger partial charge in [-0.1, -0.05) is 0 Å². The van der Waals surface area contributed by atoms with E-state index in [1.54, 1.807) is 4.90 Å². The standard InChI is InChI=1S/C16H20N6O2S/c1-2-17-15(23)14-11-9-21(16(24)12-7-18-25-20-12)6-5-13(11)22(19-14)8-10-3-4-10/h7,10H,2-6,8-9H2,1H3,(H,17,23). The van der Waals surface area contributed by atoms with Crippen molar-refractivity contribution in [2.75, 3.05) is 13.1 Å². The van der Waals surface area contributed by atoms with E-state index in [1.165, 1.54) is 19.0 Å². The highest BCUT2D eigenvalue weighted by atomic mass is 32.1. The van der Waals surface area contributed by atoms with Gasteiger partial charge in [-0.3, -0.25) is 14.3 Å². The summed E-state index contributed by atoms with van der Waals surface area (Å²) in [7, 11) is 0. The SMILES string of the molecule is CCNC(=O)c1nn(CC2CC2)c2c1CN(C(=O)c1cnsn1)CC2. The van der Waals surface area contributed by atoms with E-state index in [0.717, 1.165) is 29.5 Å². The molecule has 2 aliphatic rings. The van der Waals surface area contributed by atoms with Crippen LogP contribution in [0.5, 0.6) is 0 Å². The molecule has 1 aliphatic carbocycles. The number of carbonyl (C=O) groups excluding carboxylic acids is 2. The highest BCUT2D eigenvalue weighted by molar-refractivity contribution is 6.99. The number of nitrogens with zero attached hydrogens (tertiary/aromatic N) is 5. The van der Waals surface area contributed by atoms with Crippen LogP contribution < -0.4 is 5.32 Å². The van der Waals surface area contributed by atoms with Crippen LogP contribution >= 0.6 is 11.7 Å². The average Bonchev–Trinajstić information content (AvgIpc) is 3.13. The lowest BCUT2D eigenvalue weighted by molar-refractivity contribution is 0.0725. The summed E-state index contributed by atoms with van der Waals surface area (Å²) in [6.07, 6.45) is 4.65. The number of hydrogen-bond donors (Lipinski definition) is 1. The van der Waals surface area contributed by atoms with Gasteiger partial charge in [-0.15, -0.1) is 0 Å². The molecule has 0 radical (unpaired) electrons. The quantitative estimate of drug-likeness (QED) is 0.862. The van der Waals surface area contributed by atoms with E-state index in [0.29, 0.717) is 43.4 Å². The second kappa shape index (κ2) is 6.55. The largest absolute Gasteiger partial charge is 0.351 e. The van der Waals surface area contributed by atoms with Crippen molar-refractivity contribution in [1.82, 2.24) is 28.7 Å². The van der Waals surface area contributed by atoms with Gasteiger partial charge in [0.25, 0.3) is 11.8 Å². The van der Waals surface area contributed by atoms with Crippen LogP contribution in [0.25, 0.3) is 0 Å². The maximum absolute atomic E-state index is 12.6. The highest BCUT2D eigenvalue weighted by Crippen LogP contribution is 2.32.